The van der Waals surface area contributed by atoms with Crippen molar-refractivity contribution in [3.8, 4) is 0 Å². The van der Waals surface area contributed by atoms with Crippen molar-refractivity contribution in [2.75, 3.05) is 26.4 Å². The van der Waals surface area contributed by atoms with Crippen LogP contribution < -0.4 is 20.7 Å². The van der Waals surface area contributed by atoms with Crippen LogP contribution in [-0.2, 0) is 33.9 Å². The molecule has 5 aromatic rings. The van der Waals surface area contributed by atoms with E-state index in [1.165, 1.54) is 20.7 Å². The van der Waals surface area contributed by atoms with Gasteiger partial charge in [-0.2, -0.15) is 0 Å². The highest BCUT2D eigenvalue weighted by molar-refractivity contribution is 7.86. The summed E-state index contributed by atoms with van der Waals surface area (Å²) in [7, 11) is -7.45. The van der Waals surface area contributed by atoms with Crippen molar-refractivity contribution in [3.05, 3.63) is 151 Å². The van der Waals surface area contributed by atoms with Crippen LogP contribution in [0.5, 0.6) is 0 Å². The number of aryl methyl sites for hydroxylation is 1. The van der Waals surface area contributed by atoms with Crippen LogP contribution in [0, 0.1) is 18.8 Å². The summed E-state index contributed by atoms with van der Waals surface area (Å²) in [4.78, 5) is 15.5. The Kier molecular flexibility index (Phi) is 15.6. The molecule has 62 heavy (non-hydrogen) atoms. The fraction of sp³-hybridized carbons (Fsp3) is 0.415. The number of ether oxygens (including phenoxy) is 2. The van der Waals surface area contributed by atoms with Crippen LogP contribution in [-0.4, -0.2) is 64.1 Å². The SMILES string of the molecule is Cc1ccc([S@](=O)C(CC2COC(C)(C)OC2)C(=O)CCC(CO[Si](c2ccccc2)(c2ccccc2)C(C)(C)C)CO[Si](c2ccccc2)(c2ccccc2)C(C)(C)C)cc1. The molecule has 5 aromatic carbocycles. The lowest BCUT2D eigenvalue weighted by Gasteiger charge is -2.45. The van der Waals surface area contributed by atoms with E-state index < -0.39 is 38.5 Å². The molecular formula is C53H68O6SSi2. The number of benzene rings is 5. The second-order valence-corrected chi connectivity index (χ2v) is 29.8. The Labute approximate surface area is 376 Å². The Morgan fingerprint density at radius 3 is 1.37 bits per heavy atom. The average Bonchev–Trinajstić information content (AvgIpc) is 3.25. The third-order valence-corrected chi connectivity index (χ3v) is 24.2. The summed E-state index contributed by atoms with van der Waals surface area (Å²) in [6.07, 6.45) is 1.17. The van der Waals surface area contributed by atoms with Crippen LogP contribution in [0.3, 0.4) is 0 Å². The molecule has 0 aromatic heterocycles. The van der Waals surface area contributed by atoms with E-state index in [0.717, 1.165) is 5.56 Å². The molecule has 1 unspecified atom stereocenters. The molecule has 0 spiro atoms. The van der Waals surface area contributed by atoms with Crippen LogP contribution in [0.4, 0.5) is 0 Å². The molecule has 0 bridgehead atoms. The van der Waals surface area contributed by atoms with Gasteiger partial charge in [0.25, 0.3) is 16.6 Å². The summed E-state index contributed by atoms with van der Waals surface area (Å²) in [5.74, 6) is -0.915. The molecule has 0 amide bonds. The minimum Gasteiger partial charge on any atom is -0.407 e. The predicted molar refractivity (Wildman–Crippen MR) is 260 cm³/mol. The summed E-state index contributed by atoms with van der Waals surface area (Å²) in [6.45, 7) is 21.3. The van der Waals surface area contributed by atoms with Crippen molar-refractivity contribution in [3.63, 3.8) is 0 Å². The number of hydrogen-bond acceptors (Lipinski definition) is 6. The third-order valence-electron chi connectivity index (χ3n) is 12.5. The molecular weight excluding hydrogens is 821 g/mol. The van der Waals surface area contributed by atoms with Gasteiger partial charge in [-0.1, -0.05) is 181 Å². The summed E-state index contributed by atoms with van der Waals surface area (Å²) >= 11 is 0. The maximum Gasteiger partial charge on any atom is 0.261 e. The second kappa shape index (κ2) is 20.4. The highest BCUT2D eigenvalue weighted by Gasteiger charge is 2.52. The molecule has 1 heterocycles. The van der Waals surface area contributed by atoms with Crippen molar-refractivity contribution in [1.82, 2.24) is 0 Å². The van der Waals surface area contributed by atoms with E-state index in [1.807, 2.05) is 45.0 Å². The van der Waals surface area contributed by atoms with Crippen LogP contribution >= 0.6 is 0 Å². The van der Waals surface area contributed by atoms with E-state index in [4.69, 9.17) is 18.3 Å². The number of Topliss-reactive ketones (excluding diaryl/α,β-unsaturated/α-hetero) is 1. The van der Waals surface area contributed by atoms with Gasteiger partial charge in [-0.05, 0) is 76.6 Å². The zero-order chi connectivity index (χ0) is 44.6. The quantitative estimate of drug-likeness (QED) is 0.0818. The second-order valence-electron chi connectivity index (χ2n) is 19.5. The highest BCUT2D eigenvalue weighted by Crippen LogP contribution is 2.39. The van der Waals surface area contributed by atoms with Crippen molar-refractivity contribution >= 4 is 54.0 Å². The molecule has 2 atom stereocenters. The van der Waals surface area contributed by atoms with Crippen LogP contribution in [0.25, 0.3) is 0 Å². The first-order chi connectivity index (χ1) is 29.5. The van der Waals surface area contributed by atoms with E-state index in [-0.39, 0.29) is 34.1 Å². The third kappa shape index (κ3) is 10.9. The summed E-state index contributed by atoms with van der Waals surface area (Å²) in [5.41, 5.74) is 1.08. The topological polar surface area (TPSA) is 71.1 Å². The van der Waals surface area contributed by atoms with Gasteiger partial charge in [0.2, 0.25) is 0 Å². The maximum atomic E-state index is 14.8. The monoisotopic (exact) mass is 888 g/mol. The lowest BCUT2D eigenvalue weighted by Crippen LogP contribution is -2.67. The van der Waals surface area contributed by atoms with Gasteiger partial charge in [0.1, 0.15) is 5.78 Å². The molecule has 1 fully saturated rings. The minimum atomic E-state index is -2.94. The molecule has 9 heteroatoms. The summed E-state index contributed by atoms with van der Waals surface area (Å²) in [6, 6.07) is 50.5. The molecule has 0 aliphatic carbocycles. The van der Waals surface area contributed by atoms with Gasteiger partial charge in [-0.15, -0.1) is 0 Å². The Hall–Kier alpha value is -3.81. The minimum absolute atomic E-state index is 0.0189. The number of carbonyl (C=O) groups is 1. The number of rotatable bonds is 18. The first-order valence-corrected chi connectivity index (χ1v) is 27.3. The van der Waals surface area contributed by atoms with Crippen molar-refractivity contribution in [1.29, 1.82) is 0 Å². The highest BCUT2D eigenvalue weighted by atomic mass is 32.2. The van der Waals surface area contributed by atoms with E-state index in [2.05, 4.69) is 163 Å². The van der Waals surface area contributed by atoms with Crippen LogP contribution in [0.15, 0.2) is 150 Å². The molecule has 6 rings (SSSR count). The summed E-state index contributed by atoms with van der Waals surface area (Å²) < 4.78 is 41.8. The Balaban J connectivity index is 1.38. The Morgan fingerprint density at radius 1 is 0.645 bits per heavy atom. The molecule has 0 saturated carbocycles. The molecule has 1 saturated heterocycles. The molecule has 1 aliphatic rings. The predicted octanol–water partition coefficient (Wildman–Crippen LogP) is 9.38. The largest absolute Gasteiger partial charge is 0.407 e. The molecule has 6 nitrogen and oxygen atoms in total. The zero-order valence-electron chi connectivity index (χ0n) is 38.4. The fourth-order valence-electron chi connectivity index (χ4n) is 9.07. The van der Waals surface area contributed by atoms with Gasteiger partial charge in [0.05, 0.1) is 29.3 Å². The normalized spacial score (nSPS) is 16.2. The van der Waals surface area contributed by atoms with Crippen LogP contribution in [0.1, 0.15) is 80.2 Å². The Bertz CT molecular complexity index is 1990. The van der Waals surface area contributed by atoms with Crippen molar-refractivity contribution in [2.45, 2.75) is 108 Å². The standard InChI is InChI=1S/C53H68O6SSi2/c1-41-30-33-44(34-31-41)60(55)50(36-43-37-56-53(8,9)57-38-43)49(54)35-32-42(39-58-61(51(2,3)4,45-22-14-10-15-23-45)46-24-16-11-17-25-46)40-59-62(52(5,6)7,47-26-18-12-19-27-47)48-28-20-13-21-29-48/h10-31,33-34,42-43,50H,32,35-40H2,1-9H3/t50?,60-/m0/s1. The Morgan fingerprint density at radius 2 is 1.02 bits per heavy atom. The van der Waals surface area contributed by atoms with Crippen LogP contribution in [0.2, 0.25) is 10.1 Å². The van der Waals surface area contributed by atoms with Gasteiger partial charge < -0.3 is 18.3 Å². The molecule has 0 radical (unpaired) electrons. The zero-order valence-corrected chi connectivity index (χ0v) is 41.2. The van der Waals surface area contributed by atoms with Crippen molar-refractivity contribution < 1.29 is 27.3 Å². The smallest absolute Gasteiger partial charge is 0.261 e. The maximum absolute atomic E-state index is 14.8. The van der Waals surface area contributed by atoms with Gasteiger partial charge in [-0.25, -0.2) is 0 Å². The molecule has 330 valence electrons. The van der Waals surface area contributed by atoms with E-state index in [1.54, 1.807) is 0 Å². The number of ketones is 1. The van der Waals surface area contributed by atoms with E-state index in [0.29, 0.717) is 44.2 Å². The van der Waals surface area contributed by atoms with Gasteiger partial charge in [0, 0.05) is 36.4 Å². The first kappa shape index (κ1) is 47.7. The lowest BCUT2D eigenvalue weighted by molar-refractivity contribution is -0.262. The summed E-state index contributed by atoms with van der Waals surface area (Å²) in [5, 5.41) is 3.63. The average molecular weight is 889 g/mol. The van der Waals surface area contributed by atoms with Gasteiger partial charge >= 0.3 is 0 Å². The molecule has 0 N–H and O–H groups in total. The number of carbonyl (C=O) groups excluding carboxylic acids is 1. The van der Waals surface area contributed by atoms with Gasteiger partial charge in [0.15, 0.2) is 5.79 Å². The van der Waals surface area contributed by atoms with Gasteiger partial charge in [-0.3, -0.25) is 9.00 Å². The first-order valence-electron chi connectivity index (χ1n) is 22.2. The molecule has 1 aliphatic heterocycles. The number of hydrogen-bond donors (Lipinski definition) is 0. The van der Waals surface area contributed by atoms with E-state index in [9.17, 15) is 9.00 Å². The fourth-order valence-corrected chi connectivity index (χ4v) is 19.9. The van der Waals surface area contributed by atoms with E-state index >= 15 is 0 Å². The lowest BCUT2D eigenvalue weighted by atomic mass is 9.97. The van der Waals surface area contributed by atoms with Crippen molar-refractivity contribution in [2.24, 2.45) is 11.8 Å².